The van der Waals surface area contributed by atoms with Crippen molar-refractivity contribution in [2.75, 3.05) is 45.6 Å². The molecule has 1 unspecified atom stereocenters. The molecule has 0 radical (unpaired) electrons. The van der Waals surface area contributed by atoms with E-state index in [0.29, 0.717) is 48.6 Å². The summed E-state index contributed by atoms with van der Waals surface area (Å²) in [6.45, 7) is 2.02. The van der Waals surface area contributed by atoms with Crippen LogP contribution in [0.2, 0.25) is 0 Å². The van der Waals surface area contributed by atoms with Gasteiger partial charge in [0.2, 0.25) is 12.0 Å². The van der Waals surface area contributed by atoms with E-state index in [2.05, 4.69) is 10.2 Å². The molecule has 35 heavy (non-hydrogen) atoms. The van der Waals surface area contributed by atoms with Gasteiger partial charge in [-0.25, -0.2) is 0 Å². The van der Waals surface area contributed by atoms with Gasteiger partial charge in [0.15, 0.2) is 16.7 Å². The molecule has 1 aromatic heterocycles. The molecule has 2 aliphatic rings. The number of hydrogen-bond donors (Lipinski definition) is 0. The maximum absolute atomic E-state index is 12.9. The number of thioether (sulfide) groups is 1. The molecule has 3 aromatic rings. The lowest BCUT2D eigenvalue weighted by molar-refractivity contribution is -0.145. The number of nitrogens with zero attached hydrogens (tertiary/aromatic N) is 5. The Morgan fingerprint density at radius 1 is 1.03 bits per heavy atom. The zero-order valence-electron chi connectivity index (χ0n) is 19.2. The lowest BCUT2D eigenvalue weighted by Crippen LogP contribution is -2.55. The smallest absolute Gasteiger partial charge is 0.267 e. The molecule has 0 saturated carbocycles. The minimum atomic E-state index is -0.677. The van der Waals surface area contributed by atoms with Crippen LogP contribution in [0.15, 0.2) is 60.0 Å². The van der Waals surface area contributed by atoms with Crippen LogP contribution in [0.4, 0.5) is 0 Å². The van der Waals surface area contributed by atoms with Crippen LogP contribution in [-0.2, 0) is 9.59 Å². The van der Waals surface area contributed by atoms with E-state index in [-0.39, 0.29) is 24.2 Å². The molecule has 10 nitrogen and oxygen atoms in total. The van der Waals surface area contributed by atoms with Crippen molar-refractivity contribution in [3.8, 4) is 22.9 Å². The first-order valence-corrected chi connectivity index (χ1v) is 12.2. The highest BCUT2D eigenvalue weighted by molar-refractivity contribution is 7.99. The van der Waals surface area contributed by atoms with E-state index in [9.17, 15) is 9.59 Å². The second-order valence-corrected chi connectivity index (χ2v) is 8.96. The van der Waals surface area contributed by atoms with Gasteiger partial charge in [0, 0.05) is 26.2 Å². The Bertz CT molecular complexity index is 1210. The van der Waals surface area contributed by atoms with Gasteiger partial charge in [-0.1, -0.05) is 36.0 Å². The van der Waals surface area contributed by atoms with Crippen LogP contribution < -0.4 is 14.2 Å². The monoisotopic (exact) mass is 495 g/mol. The fraction of sp³-hybridized carbons (Fsp3) is 0.333. The van der Waals surface area contributed by atoms with Crippen LogP contribution in [0.1, 0.15) is 0 Å². The summed E-state index contributed by atoms with van der Waals surface area (Å²) in [6, 6.07) is 14.9. The molecule has 2 aromatic carbocycles. The Morgan fingerprint density at radius 2 is 1.74 bits per heavy atom. The molecular formula is C24H25N5O5S. The van der Waals surface area contributed by atoms with Gasteiger partial charge < -0.3 is 24.0 Å². The molecule has 0 N–H and O–H groups in total. The third kappa shape index (κ3) is 4.90. The lowest BCUT2D eigenvalue weighted by atomic mass is 10.2. The second-order valence-electron chi connectivity index (χ2n) is 8.01. The molecule has 5 rings (SSSR count). The number of hydrogen-bond acceptors (Lipinski definition) is 8. The maximum atomic E-state index is 12.9. The third-order valence-corrected chi connectivity index (χ3v) is 6.84. The number of methoxy groups -OCH3 is 1. The van der Waals surface area contributed by atoms with Crippen LogP contribution in [0.3, 0.4) is 0 Å². The predicted molar refractivity (Wildman–Crippen MR) is 128 cm³/mol. The third-order valence-electron chi connectivity index (χ3n) is 5.91. The van der Waals surface area contributed by atoms with Crippen molar-refractivity contribution in [1.29, 1.82) is 0 Å². The highest BCUT2D eigenvalue weighted by atomic mass is 32.2. The van der Waals surface area contributed by atoms with Crippen molar-refractivity contribution in [3.05, 3.63) is 54.9 Å². The molecule has 2 amide bonds. The van der Waals surface area contributed by atoms with Gasteiger partial charge in [-0.15, -0.1) is 10.2 Å². The molecule has 0 aliphatic carbocycles. The molecule has 1 atom stereocenters. The summed E-state index contributed by atoms with van der Waals surface area (Å²) in [6.07, 6.45) is 0.925. The average Bonchev–Trinajstić information content (AvgIpc) is 3.39. The highest BCUT2D eigenvalue weighted by Gasteiger charge is 2.33. The molecular weight excluding hydrogens is 470 g/mol. The zero-order valence-corrected chi connectivity index (χ0v) is 20.0. The van der Waals surface area contributed by atoms with Gasteiger partial charge in [-0.2, -0.15) is 0 Å². The number of amides is 2. The van der Waals surface area contributed by atoms with Crippen LogP contribution in [0.5, 0.6) is 17.2 Å². The Kier molecular flexibility index (Phi) is 6.75. The first kappa shape index (κ1) is 23.0. The zero-order chi connectivity index (χ0) is 24.2. The van der Waals surface area contributed by atoms with Crippen LogP contribution in [0.25, 0.3) is 5.69 Å². The van der Waals surface area contributed by atoms with E-state index in [1.807, 2.05) is 42.5 Å². The molecule has 2 aliphatic heterocycles. The van der Waals surface area contributed by atoms with E-state index in [0.717, 1.165) is 5.69 Å². The fourth-order valence-electron chi connectivity index (χ4n) is 4.06. The van der Waals surface area contributed by atoms with Crippen molar-refractivity contribution in [2.24, 2.45) is 0 Å². The van der Waals surface area contributed by atoms with Gasteiger partial charge >= 0.3 is 0 Å². The lowest BCUT2D eigenvalue weighted by Gasteiger charge is -2.37. The Labute approximate surface area is 206 Å². The molecule has 0 spiro atoms. The van der Waals surface area contributed by atoms with E-state index >= 15 is 0 Å². The summed E-state index contributed by atoms with van der Waals surface area (Å²) in [7, 11) is 1.61. The van der Waals surface area contributed by atoms with E-state index in [1.165, 1.54) is 11.8 Å². The number of benzene rings is 2. The average molecular weight is 496 g/mol. The molecule has 1 saturated heterocycles. The predicted octanol–water partition coefficient (Wildman–Crippen LogP) is 1.88. The quantitative estimate of drug-likeness (QED) is 0.478. The van der Waals surface area contributed by atoms with E-state index in [4.69, 9.17) is 14.2 Å². The van der Waals surface area contributed by atoms with Crippen molar-refractivity contribution >= 4 is 23.6 Å². The number of para-hydroxylation sites is 4. The first-order valence-electron chi connectivity index (χ1n) is 11.3. The molecule has 0 bridgehead atoms. The Hall–Kier alpha value is -3.73. The van der Waals surface area contributed by atoms with Crippen LogP contribution in [-0.4, -0.2) is 88.1 Å². The van der Waals surface area contributed by atoms with Gasteiger partial charge in [0.1, 0.15) is 18.7 Å². The maximum Gasteiger partial charge on any atom is 0.267 e. The minimum Gasteiger partial charge on any atom is -0.495 e. The second kappa shape index (κ2) is 10.3. The van der Waals surface area contributed by atoms with E-state index < -0.39 is 6.10 Å². The van der Waals surface area contributed by atoms with Gasteiger partial charge in [-0.05, 0) is 24.3 Å². The van der Waals surface area contributed by atoms with Gasteiger partial charge in [0.25, 0.3) is 5.91 Å². The van der Waals surface area contributed by atoms with Gasteiger partial charge in [-0.3, -0.25) is 14.2 Å². The number of aromatic nitrogens is 3. The van der Waals surface area contributed by atoms with E-state index in [1.54, 1.807) is 33.9 Å². The summed E-state index contributed by atoms with van der Waals surface area (Å²) < 4.78 is 18.7. The van der Waals surface area contributed by atoms with Crippen LogP contribution >= 0.6 is 11.8 Å². The number of carbonyl (C=O) groups excluding carboxylic acids is 2. The molecule has 1 fully saturated rings. The Balaban J connectivity index is 1.13. The van der Waals surface area contributed by atoms with Crippen molar-refractivity contribution in [2.45, 2.75) is 11.3 Å². The summed E-state index contributed by atoms with van der Waals surface area (Å²) in [5.41, 5.74) is 0.804. The number of fused-ring (bicyclic) bond motifs is 1. The number of carbonyl (C=O) groups is 2. The SMILES string of the molecule is COc1ccccc1-n1cnnc1SCC(=O)N1CCN(C(=O)C2COc3ccccc3O2)CC1. The highest BCUT2D eigenvalue weighted by Crippen LogP contribution is 2.31. The summed E-state index contributed by atoms with van der Waals surface area (Å²) in [5.74, 6) is 2.00. The Morgan fingerprint density at radius 3 is 2.54 bits per heavy atom. The number of piperazine rings is 1. The topological polar surface area (TPSA) is 99.0 Å². The van der Waals surface area contributed by atoms with Crippen molar-refractivity contribution in [3.63, 3.8) is 0 Å². The fourth-order valence-corrected chi connectivity index (χ4v) is 4.88. The molecule has 11 heteroatoms. The largest absolute Gasteiger partial charge is 0.495 e. The van der Waals surface area contributed by atoms with Crippen LogP contribution in [0, 0.1) is 0 Å². The summed E-state index contributed by atoms with van der Waals surface area (Å²) >= 11 is 1.32. The first-order chi connectivity index (χ1) is 17.1. The standard InChI is InChI=1S/C24H25N5O5S/c1-32-18-7-3-2-6-17(18)29-16-25-26-24(29)35-15-22(30)27-10-12-28(13-11-27)23(31)21-14-33-19-8-4-5-9-20(19)34-21/h2-9,16,21H,10-15H2,1H3. The normalized spacial score (nSPS) is 17.2. The van der Waals surface area contributed by atoms with Gasteiger partial charge in [0.05, 0.1) is 18.6 Å². The summed E-state index contributed by atoms with van der Waals surface area (Å²) in [4.78, 5) is 29.3. The number of ether oxygens (including phenoxy) is 3. The molecule has 182 valence electrons. The molecule has 3 heterocycles. The number of rotatable bonds is 6. The summed E-state index contributed by atoms with van der Waals surface area (Å²) in [5, 5.41) is 8.76. The van der Waals surface area contributed by atoms with Crippen molar-refractivity contribution < 1.29 is 23.8 Å². The van der Waals surface area contributed by atoms with Crippen molar-refractivity contribution in [1.82, 2.24) is 24.6 Å². The minimum absolute atomic E-state index is 0.0112.